The smallest absolute Gasteiger partial charge is 0.124 e. The molecule has 0 unspecified atom stereocenters. The summed E-state index contributed by atoms with van der Waals surface area (Å²) in [6.07, 6.45) is 2.41. The molecule has 0 aliphatic rings. The first-order chi connectivity index (χ1) is 6.74. The molecule has 0 radical (unpaired) electrons. The molecular formula is C10H12BrNO2. The zero-order valence-corrected chi connectivity index (χ0v) is 9.49. The summed E-state index contributed by atoms with van der Waals surface area (Å²) in [5.41, 5.74) is 0.635. The van der Waals surface area contributed by atoms with Gasteiger partial charge in [-0.2, -0.15) is 0 Å². The third kappa shape index (κ3) is 3.38. The van der Waals surface area contributed by atoms with Gasteiger partial charge in [0.25, 0.3) is 0 Å². The van der Waals surface area contributed by atoms with Gasteiger partial charge in [0.1, 0.15) is 12.4 Å². The fourth-order valence-corrected chi connectivity index (χ4v) is 1.25. The van der Waals surface area contributed by atoms with Crippen molar-refractivity contribution < 1.29 is 9.94 Å². The van der Waals surface area contributed by atoms with E-state index in [1.807, 2.05) is 6.92 Å². The van der Waals surface area contributed by atoms with E-state index in [0.717, 1.165) is 10.9 Å². The summed E-state index contributed by atoms with van der Waals surface area (Å²) in [6, 6.07) is 5.14. The fraction of sp³-hybridized carbons (Fsp3) is 0.300. The predicted molar refractivity (Wildman–Crippen MR) is 59.6 cm³/mol. The Balaban J connectivity index is 2.65. The number of nitrogens with zero attached hydrogens (tertiary/aromatic N) is 1. The topological polar surface area (TPSA) is 41.8 Å². The van der Waals surface area contributed by atoms with Crippen LogP contribution in [0.4, 0.5) is 0 Å². The lowest BCUT2D eigenvalue weighted by molar-refractivity contribution is 0.146. The normalized spacial score (nSPS) is 10.7. The largest absolute Gasteiger partial charge is 0.507 e. The minimum absolute atomic E-state index is 0.192. The van der Waals surface area contributed by atoms with Gasteiger partial charge >= 0.3 is 0 Å². The second-order valence-electron chi connectivity index (χ2n) is 2.77. The molecule has 0 aromatic heterocycles. The van der Waals surface area contributed by atoms with Gasteiger partial charge in [-0.15, -0.1) is 0 Å². The second kappa shape index (κ2) is 5.65. The molecular weight excluding hydrogens is 246 g/mol. The van der Waals surface area contributed by atoms with Crippen molar-refractivity contribution in [1.29, 1.82) is 0 Å². The second-order valence-corrected chi connectivity index (χ2v) is 3.69. The average Bonchev–Trinajstić information content (AvgIpc) is 2.18. The highest BCUT2D eigenvalue weighted by atomic mass is 79.9. The molecule has 1 rings (SSSR count). The molecule has 1 aromatic rings. The molecule has 0 atom stereocenters. The van der Waals surface area contributed by atoms with Crippen LogP contribution in [0.5, 0.6) is 5.75 Å². The number of benzene rings is 1. The molecule has 0 aliphatic carbocycles. The minimum Gasteiger partial charge on any atom is -0.507 e. The van der Waals surface area contributed by atoms with E-state index in [1.165, 1.54) is 6.21 Å². The number of halogens is 1. The van der Waals surface area contributed by atoms with E-state index in [2.05, 4.69) is 21.1 Å². The zero-order valence-electron chi connectivity index (χ0n) is 7.90. The van der Waals surface area contributed by atoms with Crippen LogP contribution in [0.2, 0.25) is 0 Å². The molecule has 0 saturated carbocycles. The Labute approximate surface area is 91.5 Å². The monoisotopic (exact) mass is 257 g/mol. The summed E-state index contributed by atoms with van der Waals surface area (Å²) in [6.45, 7) is 2.59. The van der Waals surface area contributed by atoms with Gasteiger partial charge in [0, 0.05) is 10.0 Å². The molecule has 14 heavy (non-hydrogen) atoms. The lowest BCUT2D eigenvalue weighted by atomic mass is 10.2. The fourth-order valence-electron chi connectivity index (χ4n) is 0.867. The van der Waals surface area contributed by atoms with Gasteiger partial charge in [0.2, 0.25) is 0 Å². The Morgan fingerprint density at radius 3 is 3.07 bits per heavy atom. The minimum atomic E-state index is 0.192. The number of rotatable bonds is 4. The average molecular weight is 258 g/mol. The van der Waals surface area contributed by atoms with Crippen LogP contribution in [0.15, 0.2) is 27.8 Å². The van der Waals surface area contributed by atoms with E-state index < -0.39 is 0 Å². The van der Waals surface area contributed by atoms with Gasteiger partial charge in [-0.05, 0) is 24.6 Å². The summed E-state index contributed by atoms with van der Waals surface area (Å²) in [5, 5.41) is 13.2. The maximum Gasteiger partial charge on any atom is 0.124 e. The van der Waals surface area contributed by atoms with Gasteiger partial charge in [-0.1, -0.05) is 28.0 Å². The molecule has 76 valence electrons. The summed E-state index contributed by atoms with van der Waals surface area (Å²) >= 11 is 3.31. The van der Waals surface area contributed by atoms with Crippen LogP contribution in [-0.2, 0) is 4.84 Å². The molecule has 0 aliphatic heterocycles. The number of hydrogen-bond acceptors (Lipinski definition) is 3. The third-order valence-corrected chi connectivity index (χ3v) is 2.04. The van der Waals surface area contributed by atoms with Crippen molar-refractivity contribution in [2.75, 3.05) is 6.61 Å². The predicted octanol–water partition coefficient (Wildman–Crippen LogP) is 2.92. The Hall–Kier alpha value is -1.03. The number of phenols is 1. The van der Waals surface area contributed by atoms with E-state index in [1.54, 1.807) is 18.2 Å². The lowest BCUT2D eigenvalue weighted by Gasteiger charge is -1.99. The highest BCUT2D eigenvalue weighted by Gasteiger charge is 1.98. The Morgan fingerprint density at radius 1 is 1.57 bits per heavy atom. The highest BCUT2D eigenvalue weighted by Crippen LogP contribution is 2.19. The quantitative estimate of drug-likeness (QED) is 0.512. The van der Waals surface area contributed by atoms with Crippen molar-refractivity contribution in [2.45, 2.75) is 13.3 Å². The number of hydrogen-bond donors (Lipinski definition) is 1. The van der Waals surface area contributed by atoms with Crippen LogP contribution in [0.1, 0.15) is 18.9 Å². The van der Waals surface area contributed by atoms with Crippen LogP contribution in [0.25, 0.3) is 0 Å². The summed E-state index contributed by atoms with van der Waals surface area (Å²) in [4.78, 5) is 4.92. The van der Waals surface area contributed by atoms with Crippen molar-refractivity contribution >= 4 is 22.1 Å². The van der Waals surface area contributed by atoms with E-state index >= 15 is 0 Å². The van der Waals surface area contributed by atoms with Crippen molar-refractivity contribution in [2.24, 2.45) is 5.16 Å². The maximum atomic E-state index is 9.42. The first-order valence-electron chi connectivity index (χ1n) is 4.38. The molecule has 0 bridgehead atoms. The van der Waals surface area contributed by atoms with Crippen LogP contribution < -0.4 is 0 Å². The van der Waals surface area contributed by atoms with Crippen LogP contribution >= 0.6 is 15.9 Å². The molecule has 0 saturated heterocycles. The SMILES string of the molecule is CCCO/N=C/c1cc(Br)ccc1O. The van der Waals surface area contributed by atoms with E-state index in [0.29, 0.717) is 12.2 Å². The first kappa shape index (κ1) is 11.0. The number of phenolic OH excluding ortho intramolecular Hbond substituents is 1. The Bertz CT molecular complexity index is 326. The maximum absolute atomic E-state index is 9.42. The summed E-state index contributed by atoms with van der Waals surface area (Å²) in [5.74, 6) is 0.192. The van der Waals surface area contributed by atoms with E-state index in [4.69, 9.17) is 4.84 Å². The van der Waals surface area contributed by atoms with E-state index in [9.17, 15) is 5.11 Å². The summed E-state index contributed by atoms with van der Waals surface area (Å²) in [7, 11) is 0. The van der Waals surface area contributed by atoms with Gasteiger partial charge in [-0.3, -0.25) is 0 Å². The Morgan fingerprint density at radius 2 is 2.36 bits per heavy atom. The zero-order chi connectivity index (χ0) is 10.4. The molecule has 0 heterocycles. The molecule has 1 N–H and O–H groups in total. The molecule has 3 nitrogen and oxygen atoms in total. The Kier molecular flexibility index (Phi) is 4.46. The van der Waals surface area contributed by atoms with Crippen LogP contribution in [-0.4, -0.2) is 17.9 Å². The number of oxime groups is 1. The summed E-state index contributed by atoms with van der Waals surface area (Å²) < 4.78 is 0.896. The van der Waals surface area contributed by atoms with Crippen molar-refractivity contribution in [1.82, 2.24) is 0 Å². The first-order valence-corrected chi connectivity index (χ1v) is 5.17. The van der Waals surface area contributed by atoms with Crippen molar-refractivity contribution in [3.63, 3.8) is 0 Å². The standard InChI is InChI=1S/C10H12BrNO2/c1-2-5-14-12-7-8-6-9(11)3-4-10(8)13/h3-4,6-7,13H,2,5H2,1H3/b12-7+. The van der Waals surface area contributed by atoms with Crippen LogP contribution in [0.3, 0.4) is 0 Å². The molecule has 1 aromatic carbocycles. The lowest BCUT2D eigenvalue weighted by Crippen LogP contribution is -1.87. The molecule has 0 amide bonds. The van der Waals surface area contributed by atoms with Gasteiger partial charge < -0.3 is 9.94 Å². The van der Waals surface area contributed by atoms with Crippen molar-refractivity contribution in [3.05, 3.63) is 28.2 Å². The molecule has 0 spiro atoms. The number of aromatic hydroxyl groups is 1. The van der Waals surface area contributed by atoms with Gasteiger partial charge in [-0.25, -0.2) is 0 Å². The highest BCUT2D eigenvalue weighted by molar-refractivity contribution is 9.10. The van der Waals surface area contributed by atoms with Crippen molar-refractivity contribution in [3.8, 4) is 5.75 Å². The van der Waals surface area contributed by atoms with Gasteiger partial charge in [0.15, 0.2) is 0 Å². The third-order valence-electron chi connectivity index (χ3n) is 1.55. The molecule has 0 fully saturated rings. The van der Waals surface area contributed by atoms with Crippen LogP contribution in [0, 0.1) is 0 Å². The molecule has 4 heteroatoms. The van der Waals surface area contributed by atoms with E-state index in [-0.39, 0.29) is 5.75 Å². The van der Waals surface area contributed by atoms with Gasteiger partial charge in [0.05, 0.1) is 6.21 Å².